The van der Waals surface area contributed by atoms with Gasteiger partial charge in [0.1, 0.15) is 11.5 Å². The van der Waals surface area contributed by atoms with Gasteiger partial charge in [-0.3, -0.25) is 14.5 Å². The summed E-state index contributed by atoms with van der Waals surface area (Å²) in [6.07, 6.45) is 4.09. The monoisotopic (exact) mass is 525 g/mol. The largest absolute Gasteiger partial charge is 0.507 e. The van der Waals surface area contributed by atoms with E-state index < -0.39 is 17.7 Å². The molecule has 1 heterocycles. The Hall–Kier alpha value is -3.86. The highest BCUT2D eigenvalue weighted by Gasteiger charge is 2.47. The number of anilines is 1. The van der Waals surface area contributed by atoms with Crippen LogP contribution in [0.1, 0.15) is 82.2 Å². The van der Waals surface area contributed by atoms with E-state index in [1.54, 1.807) is 24.3 Å². The molecular weight excluding hydrogens is 486 g/mol. The van der Waals surface area contributed by atoms with Crippen molar-refractivity contribution in [2.24, 2.45) is 0 Å². The van der Waals surface area contributed by atoms with Crippen LogP contribution in [0.25, 0.3) is 5.76 Å². The van der Waals surface area contributed by atoms with Gasteiger partial charge in [-0.2, -0.15) is 0 Å². The molecule has 1 aliphatic rings. The van der Waals surface area contributed by atoms with Gasteiger partial charge in [0.15, 0.2) is 0 Å². The van der Waals surface area contributed by atoms with E-state index in [2.05, 4.69) is 34.6 Å². The molecule has 0 bridgehead atoms. The number of amides is 1. The summed E-state index contributed by atoms with van der Waals surface area (Å²) in [7, 11) is 0. The number of ketones is 1. The van der Waals surface area contributed by atoms with E-state index in [4.69, 9.17) is 4.74 Å². The Balaban J connectivity index is 1.76. The standard InChI is InChI=1S/C34H39NO4/c1-6-8-9-22-39-28-20-14-25(15-21-28)31(36)29-30(24-12-10-23(7-2)11-13-24)35(33(38)32(29)37)27-18-16-26(17-19-27)34(3,4)5/h10-21,30,36H,6-9,22H2,1-5H3/b31-29+. The molecule has 1 atom stereocenters. The van der Waals surface area contributed by atoms with Crippen LogP contribution < -0.4 is 9.64 Å². The lowest BCUT2D eigenvalue weighted by Crippen LogP contribution is -2.29. The Morgan fingerprint density at radius 1 is 0.872 bits per heavy atom. The zero-order chi connectivity index (χ0) is 28.2. The zero-order valence-corrected chi connectivity index (χ0v) is 23.7. The van der Waals surface area contributed by atoms with Crippen molar-refractivity contribution in [2.75, 3.05) is 11.5 Å². The molecule has 5 heteroatoms. The average molecular weight is 526 g/mol. The highest BCUT2D eigenvalue weighted by Crippen LogP contribution is 2.42. The summed E-state index contributed by atoms with van der Waals surface area (Å²) in [5.74, 6) is -0.838. The van der Waals surface area contributed by atoms with Crippen LogP contribution in [0.2, 0.25) is 0 Å². The van der Waals surface area contributed by atoms with Crippen LogP contribution >= 0.6 is 0 Å². The topological polar surface area (TPSA) is 66.8 Å². The summed E-state index contributed by atoms with van der Waals surface area (Å²) in [5.41, 5.74) is 4.16. The van der Waals surface area contributed by atoms with Crippen molar-refractivity contribution in [1.29, 1.82) is 0 Å². The smallest absolute Gasteiger partial charge is 0.300 e. The zero-order valence-electron chi connectivity index (χ0n) is 23.7. The van der Waals surface area contributed by atoms with Crippen LogP contribution in [0, 0.1) is 0 Å². The first-order chi connectivity index (χ1) is 18.7. The molecule has 0 aliphatic carbocycles. The number of nitrogens with zero attached hydrogens (tertiary/aromatic N) is 1. The number of ether oxygens (including phenoxy) is 1. The van der Waals surface area contributed by atoms with E-state index >= 15 is 0 Å². The summed E-state index contributed by atoms with van der Waals surface area (Å²) < 4.78 is 5.80. The number of aryl methyl sites for hydroxylation is 1. The predicted octanol–water partition coefficient (Wildman–Crippen LogP) is 7.74. The van der Waals surface area contributed by atoms with Gasteiger partial charge in [-0.15, -0.1) is 0 Å². The molecule has 1 unspecified atom stereocenters. The summed E-state index contributed by atoms with van der Waals surface area (Å²) in [6.45, 7) is 11.2. The summed E-state index contributed by atoms with van der Waals surface area (Å²) in [4.78, 5) is 28.5. The molecule has 39 heavy (non-hydrogen) atoms. The van der Waals surface area contributed by atoms with Gasteiger partial charge in [-0.25, -0.2) is 0 Å². The lowest BCUT2D eigenvalue weighted by molar-refractivity contribution is -0.132. The SMILES string of the molecule is CCCCCOc1ccc(/C(O)=C2\C(=O)C(=O)N(c3ccc(C(C)(C)C)cc3)C2c2ccc(CC)cc2)cc1. The first-order valence-electron chi connectivity index (χ1n) is 13.9. The number of hydrogen-bond acceptors (Lipinski definition) is 4. The quantitative estimate of drug-likeness (QED) is 0.134. The minimum atomic E-state index is -0.749. The Kier molecular flexibility index (Phi) is 8.59. The molecule has 3 aromatic carbocycles. The molecule has 5 nitrogen and oxygen atoms in total. The van der Waals surface area contributed by atoms with Crippen molar-refractivity contribution in [1.82, 2.24) is 0 Å². The van der Waals surface area contributed by atoms with Gasteiger partial charge >= 0.3 is 0 Å². The molecule has 0 saturated carbocycles. The van der Waals surface area contributed by atoms with Gasteiger partial charge in [-0.1, -0.05) is 83.9 Å². The van der Waals surface area contributed by atoms with E-state index in [1.165, 1.54) is 4.90 Å². The number of rotatable bonds is 9. The molecule has 1 aliphatic heterocycles. The number of aliphatic hydroxyl groups excluding tert-OH is 1. The van der Waals surface area contributed by atoms with Gasteiger partial charge in [0.05, 0.1) is 18.2 Å². The molecule has 204 valence electrons. The third kappa shape index (κ3) is 6.08. The van der Waals surface area contributed by atoms with Crippen LogP contribution in [0.3, 0.4) is 0 Å². The molecule has 3 aromatic rings. The van der Waals surface area contributed by atoms with Crippen molar-refractivity contribution >= 4 is 23.1 Å². The van der Waals surface area contributed by atoms with Crippen molar-refractivity contribution in [3.05, 3.63) is 101 Å². The Bertz CT molecular complexity index is 1330. The first-order valence-corrected chi connectivity index (χ1v) is 13.9. The fraction of sp³-hybridized carbons (Fsp3) is 0.353. The fourth-order valence-corrected chi connectivity index (χ4v) is 4.88. The molecule has 1 amide bonds. The molecule has 0 radical (unpaired) electrons. The third-order valence-electron chi connectivity index (χ3n) is 7.30. The van der Waals surface area contributed by atoms with E-state index in [0.717, 1.165) is 42.4 Å². The second-order valence-corrected chi connectivity index (χ2v) is 11.1. The second kappa shape index (κ2) is 11.9. The van der Waals surface area contributed by atoms with Crippen LogP contribution in [-0.4, -0.2) is 23.4 Å². The summed E-state index contributed by atoms with van der Waals surface area (Å²) in [5, 5.41) is 11.4. The Morgan fingerprint density at radius 3 is 2.08 bits per heavy atom. The lowest BCUT2D eigenvalue weighted by atomic mass is 9.87. The maximum Gasteiger partial charge on any atom is 0.300 e. The minimum absolute atomic E-state index is 0.0477. The average Bonchev–Trinajstić information content (AvgIpc) is 3.20. The van der Waals surface area contributed by atoms with Crippen LogP contribution in [0.15, 0.2) is 78.4 Å². The number of aliphatic hydroxyl groups is 1. The third-order valence-corrected chi connectivity index (χ3v) is 7.30. The van der Waals surface area contributed by atoms with E-state index in [-0.39, 0.29) is 16.7 Å². The van der Waals surface area contributed by atoms with Crippen molar-refractivity contribution in [3.8, 4) is 5.75 Å². The summed E-state index contributed by atoms with van der Waals surface area (Å²) in [6, 6.07) is 21.9. The number of benzene rings is 3. The number of carbonyl (C=O) groups is 2. The maximum atomic E-state index is 13.5. The molecule has 0 aromatic heterocycles. The van der Waals surface area contributed by atoms with Crippen LogP contribution in [0.4, 0.5) is 5.69 Å². The van der Waals surface area contributed by atoms with Gasteiger partial charge in [0.2, 0.25) is 0 Å². The number of carbonyl (C=O) groups excluding carboxylic acids is 2. The van der Waals surface area contributed by atoms with E-state index in [9.17, 15) is 14.7 Å². The van der Waals surface area contributed by atoms with Crippen molar-refractivity contribution in [2.45, 2.75) is 71.8 Å². The molecular formula is C34H39NO4. The van der Waals surface area contributed by atoms with E-state index in [1.807, 2.05) is 48.5 Å². The predicted molar refractivity (Wildman–Crippen MR) is 157 cm³/mol. The molecule has 1 fully saturated rings. The summed E-state index contributed by atoms with van der Waals surface area (Å²) >= 11 is 0. The minimum Gasteiger partial charge on any atom is -0.507 e. The van der Waals surface area contributed by atoms with Gasteiger partial charge in [0, 0.05) is 11.3 Å². The Morgan fingerprint density at radius 2 is 1.51 bits per heavy atom. The van der Waals surface area contributed by atoms with Gasteiger partial charge in [0.25, 0.3) is 11.7 Å². The molecule has 1 saturated heterocycles. The second-order valence-electron chi connectivity index (χ2n) is 11.1. The van der Waals surface area contributed by atoms with Gasteiger partial charge < -0.3 is 9.84 Å². The number of unbranched alkanes of at least 4 members (excludes halogenated alkanes) is 2. The lowest BCUT2D eigenvalue weighted by Gasteiger charge is -2.27. The van der Waals surface area contributed by atoms with Crippen LogP contribution in [-0.2, 0) is 21.4 Å². The first kappa shape index (κ1) is 28.2. The number of hydrogen-bond donors (Lipinski definition) is 1. The van der Waals surface area contributed by atoms with Crippen molar-refractivity contribution < 1.29 is 19.4 Å². The van der Waals surface area contributed by atoms with Crippen LogP contribution in [0.5, 0.6) is 5.75 Å². The van der Waals surface area contributed by atoms with Crippen molar-refractivity contribution in [3.63, 3.8) is 0 Å². The Labute approximate surface area is 232 Å². The molecule has 1 N–H and O–H groups in total. The highest BCUT2D eigenvalue weighted by molar-refractivity contribution is 6.51. The van der Waals surface area contributed by atoms with E-state index in [0.29, 0.717) is 23.6 Å². The highest BCUT2D eigenvalue weighted by atomic mass is 16.5. The molecule has 4 rings (SSSR count). The van der Waals surface area contributed by atoms with Gasteiger partial charge in [-0.05, 0) is 71.3 Å². The number of Topliss-reactive ketones (excluding diaryl/α,β-unsaturated/α-hetero) is 1. The normalized spacial score (nSPS) is 17.1. The molecule has 0 spiro atoms. The maximum absolute atomic E-state index is 13.5. The fourth-order valence-electron chi connectivity index (χ4n) is 4.88.